The van der Waals surface area contributed by atoms with Crippen molar-refractivity contribution in [2.24, 2.45) is 5.73 Å². The van der Waals surface area contributed by atoms with Crippen LogP contribution in [0, 0.1) is 11.8 Å². The van der Waals surface area contributed by atoms with Gasteiger partial charge in [-0.25, -0.2) is 4.98 Å². The number of anilines is 1. The van der Waals surface area contributed by atoms with Crippen LogP contribution in [-0.2, 0) is 0 Å². The fourth-order valence-corrected chi connectivity index (χ4v) is 1.84. The van der Waals surface area contributed by atoms with Crippen molar-refractivity contribution in [3.8, 4) is 11.8 Å². The van der Waals surface area contributed by atoms with Crippen LogP contribution in [-0.4, -0.2) is 17.4 Å². The summed E-state index contributed by atoms with van der Waals surface area (Å²) in [5.74, 6) is 5.57. The van der Waals surface area contributed by atoms with Crippen LogP contribution in [0.25, 0.3) is 0 Å². The number of benzene rings is 1. The molecule has 0 saturated carbocycles. The zero-order chi connectivity index (χ0) is 15.2. The Morgan fingerprint density at radius 3 is 2.76 bits per heavy atom. The minimum Gasteiger partial charge on any atom is -0.320 e. The van der Waals surface area contributed by atoms with Crippen LogP contribution in [0.15, 0.2) is 36.4 Å². The molecule has 1 amide bonds. The lowest BCUT2D eigenvalue weighted by Crippen LogP contribution is -2.13. The molecule has 1 aromatic carbocycles. The molecule has 0 bridgehead atoms. The lowest BCUT2D eigenvalue weighted by Gasteiger charge is -2.05. The third-order valence-corrected chi connectivity index (χ3v) is 3.23. The van der Waals surface area contributed by atoms with Gasteiger partial charge in [-0.2, -0.15) is 0 Å². The highest BCUT2D eigenvalue weighted by Gasteiger charge is 2.09. The zero-order valence-electron chi connectivity index (χ0n) is 10.9. The van der Waals surface area contributed by atoms with E-state index in [-0.39, 0.29) is 12.5 Å². The molecule has 0 saturated heterocycles. The third-order valence-electron chi connectivity index (χ3n) is 2.49. The second-order valence-electron chi connectivity index (χ2n) is 4.00. The Hall–Kier alpha value is -2.06. The van der Waals surface area contributed by atoms with Gasteiger partial charge in [0.15, 0.2) is 0 Å². The van der Waals surface area contributed by atoms with Crippen molar-refractivity contribution in [2.45, 2.75) is 0 Å². The summed E-state index contributed by atoms with van der Waals surface area (Å²) in [5.41, 5.74) is 6.23. The number of pyridine rings is 1. The number of nitrogens with one attached hydrogen (secondary N) is 1. The maximum atomic E-state index is 12.1. The van der Waals surface area contributed by atoms with Crippen LogP contribution >= 0.6 is 23.2 Å². The number of carbonyl (C=O) groups is 1. The Kier molecular flexibility index (Phi) is 5.18. The second-order valence-corrected chi connectivity index (χ2v) is 4.81. The Morgan fingerprint density at radius 2 is 2.05 bits per heavy atom. The number of nitrogens with two attached hydrogens (primary N) is 1. The number of hydrogen-bond donors (Lipinski definition) is 2. The van der Waals surface area contributed by atoms with Gasteiger partial charge in [-0.15, -0.1) is 0 Å². The van der Waals surface area contributed by atoms with Gasteiger partial charge < -0.3 is 11.1 Å². The van der Waals surface area contributed by atoms with Gasteiger partial charge >= 0.3 is 0 Å². The minimum atomic E-state index is -0.329. The molecule has 21 heavy (non-hydrogen) atoms. The van der Waals surface area contributed by atoms with E-state index in [2.05, 4.69) is 22.1 Å². The smallest absolute Gasteiger partial charge is 0.256 e. The van der Waals surface area contributed by atoms with E-state index in [0.717, 1.165) is 0 Å². The first-order chi connectivity index (χ1) is 10.1. The fourth-order valence-electron chi connectivity index (χ4n) is 1.54. The van der Waals surface area contributed by atoms with Crippen LogP contribution in [0.1, 0.15) is 16.1 Å². The monoisotopic (exact) mass is 319 g/mol. The predicted molar refractivity (Wildman–Crippen MR) is 84.6 cm³/mol. The maximum absolute atomic E-state index is 12.1. The number of amides is 1. The molecule has 0 radical (unpaired) electrons. The van der Waals surface area contributed by atoms with Crippen molar-refractivity contribution in [2.75, 3.05) is 11.9 Å². The highest BCUT2D eigenvalue weighted by molar-refractivity contribution is 6.42. The van der Waals surface area contributed by atoms with Crippen LogP contribution < -0.4 is 11.1 Å². The molecule has 1 heterocycles. The number of hydrogen-bond acceptors (Lipinski definition) is 3. The summed E-state index contributed by atoms with van der Waals surface area (Å²) < 4.78 is 0. The molecule has 0 spiro atoms. The molecule has 0 aliphatic rings. The number of carbonyl (C=O) groups excluding carboxylic acids is 1. The molecule has 0 unspecified atom stereocenters. The quantitative estimate of drug-likeness (QED) is 0.836. The first-order valence-corrected chi connectivity index (χ1v) is 6.78. The molecule has 6 heteroatoms. The Morgan fingerprint density at radius 1 is 1.24 bits per heavy atom. The van der Waals surface area contributed by atoms with Crippen molar-refractivity contribution in [3.63, 3.8) is 0 Å². The van der Waals surface area contributed by atoms with Crippen LogP contribution in [0.2, 0.25) is 10.0 Å². The van der Waals surface area contributed by atoms with E-state index >= 15 is 0 Å². The summed E-state index contributed by atoms with van der Waals surface area (Å²) in [5, 5.41) is 3.38. The summed E-state index contributed by atoms with van der Waals surface area (Å²) >= 11 is 11.7. The molecule has 3 N–H and O–H groups in total. The number of aromatic nitrogens is 1. The first-order valence-electron chi connectivity index (χ1n) is 6.02. The van der Waals surface area contributed by atoms with Gasteiger partial charge in [-0.05, 0) is 36.3 Å². The van der Waals surface area contributed by atoms with Crippen molar-refractivity contribution in [1.82, 2.24) is 4.98 Å². The average molecular weight is 320 g/mol. The molecule has 0 aliphatic heterocycles. The lowest BCUT2D eigenvalue weighted by atomic mass is 10.2. The van der Waals surface area contributed by atoms with E-state index < -0.39 is 0 Å². The van der Waals surface area contributed by atoms with E-state index in [1.807, 2.05) is 0 Å². The van der Waals surface area contributed by atoms with Gasteiger partial charge in [-0.3, -0.25) is 4.79 Å². The van der Waals surface area contributed by atoms with Crippen LogP contribution in [0.4, 0.5) is 5.82 Å². The van der Waals surface area contributed by atoms with Gasteiger partial charge in [0.05, 0.1) is 16.6 Å². The molecule has 2 rings (SSSR count). The topological polar surface area (TPSA) is 68.0 Å². The highest BCUT2D eigenvalue weighted by Crippen LogP contribution is 2.23. The Bertz CT molecular complexity index is 735. The molecule has 0 atom stereocenters. The molecular weight excluding hydrogens is 309 g/mol. The van der Waals surface area contributed by atoms with Crippen molar-refractivity contribution < 1.29 is 4.79 Å². The number of halogens is 2. The SMILES string of the molecule is NCC#Cc1cccc(NC(=O)c2ccc(Cl)c(Cl)c2)n1. The summed E-state index contributed by atoms with van der Waals surface area (Å²) in [6.07, 6.45) is 0. The van der Waals surface area contributed by atoms with Gasteiger partial charge in [0.25, 0.3) is 5.91 Å². The van der Waals surface area contributed by atoms with Gasteiger partial charge in [0.2, 0.25) is 0 Å². The standard InChI is InChI=1S/C15H11Cl2N3O/c16-12-7-6-10(9-13(12)17)15(21)20-14-5-1-3-11(19-14)4-2-8-18/h1,3,5-7,9H,8,18H2,(H,19,20,21). The Balaban J connectivity index is 2.17. The average Bonchev–Trinajstić information content (AvgIpc) is 2.48. The molecule has 0 aliphatic carbocycles. The van der Waals surface area contributed by atoms with E-state index in [1.54, 1.807) is 30.3 Å². The van der Waals surface area contributed by atoms with Gasteiger partial charge in [0.1, 0.15) is 11.5 Å². The normalized spacial score (nSPS) is 9.67. The molecule has 0 fully saturated rings. The molecule has 4 nitrogen and oxygen atoms in total. The van der Waals surface area contributed by atoms with Crippen molar-refractivity contribution in [1.29, 1.82) is 0 Å². The predicted octanol–water partition coefficient (Wildman–Crippen LogP) is 2.95. The maximum Gasteiger partial charge on any atom is 0.256 e. The molecule has 2 aromatic rings. The Labute approximate surface area is 132 Å². The van der Waals surface area contributed by atoms with Crippen LogP contribution in [0.3, 0.4) is 0 Å². The third kappa shape index (κ3) is 4.20. The van der Waals surface area contributed by atoms with Gasteiger partial charge in [-0.1, -0.05) is 35.2 Å². The lowest BCUT2D eigenvalue weighted by molar-refractivity contribution is 0.102. The molecule has 1 aromatic heterocycles. The largest absolute Gasteiger partial charge is 0.320 e. The zero-order valence-corrected chi connectivity index (χ0v) is 12.4. The second kappa shape index (κ2) is 7.09. The van der Waals surface area contributed by atoms with Gasteiger partial charge in [0, 0.05) is 5.56 Å². The van der Waals surface area contributed by atoms with E-state index in [9.17, 15) is 4.79 Å². The van der Waals surface area contributed by atoms with Crippen LogP contribution in [0.5, 0.6) is 0 Å². The fraction of sp³-hybridized carbons (Fsp3) is 0.0667. The molecule has 106 valence electrons. The summed E-state index contributed by atoms with van der Waals surface area (Å²) in [6.45, 7) is 0.252. The minimum absolute atomic E-state index is 0.252. The summed E-state index contributed by atoms with van der Waals surface area (Å²) in [7, 11) is 0. The number of rotatable bonds is 2. The molecular formula is C15H11Cl2N3O. The highest BCUT2D eigenvalue weighted by atomic mass is 35.5. The van der Waals surface area contributed by atoms with Crippen molar-refractivity contribution in [3.05, 3.63) is 57.7 Å². The number of nitrogens with zero attached hydrogens (tertiary/aromatic N) is 1. The first kappa shape index (κ1) is 15.3. The summed E-state index contributed by atoms with van der Waals surface area (Å²) in [4.78, 5) is 16.3. The summed E-state index contributed by atoms with van der Waals surface area (Å²) in [6, 6.07) is 9.80. The van der Waals surface area contributed by atoms with Crippen molar-refractivity contribution >= 4 is 34.9 Å². The van der Waals surface area contributed by atoms with E-state index in [1.165, 1.54) is 6.07 Å². The van der Waals surface area contributed by atoms with E-state index in [0.29, 0.717) is 27.1 Å². The van der Waals surface area contributed by atoms with E-state index in [4.69, 9.17) is 28.9 Å².